The molecule has 1 N–H and O–H groups in total. The molecular weight excluding hydrogens is 398 g/mol. The van der Waals surface area contributed by atoms with Gasteiger partial charge in [-0.3, -0.25) is 10.1 Å². The first kappa shape index (κ1) is 21.9. The van der Waals surface area contributed by atoms with Gasteiger partial charge in [0, 0.05) is 32.2 Å². The number of aliphatic hydroxyl groups is 1. The molecule has 162 valence electrons. The van der Waals surface area contributed by atoms with Gasteiger partial charge < -0.3 is 14.7 Å². The Kier molecular flexibility index (Phi) is 7.10. The van der Waals surface area contributed by atoms with E-state index in [4.69, 9.17) is 4.74 Å². The summed E-state index contributed by atoms with van der Waals surface area (Å²) in [4.78, 5) is 12.9. The molecular formula is C19H29N3O6S. The molecule has 2 heterocycles. The molecule has 2 aliphatic rings. The first-order valence-corrected chi connectivity index (χ1v) is 11.5. The van der Waals surface area contributed by atoms with Crippen molar-refractivity contribution < 1.29 is 23.2 Å². The third kappa shape index (κ3) is 5.44. The second-order valence-electron chi connectivity index (χ2n) is 7.97. The molecule has 0 radical (unpaired) electrons. The molecule has 1 aromatic rings. The van der Waals surface area contributed by atoms with Crippen molar-refractivity contribution in [3.05, 3.63) is 28.3 Å². The lowest BCUT2D eigenvalue weighted by Crippen LogP contribution is -2.41. The predicted molar refractivity (Wildman–Crippen MR) is 107 cm³/mol. The number of hydrogen-bond acceptors (Lipinski definition) is 7. The van der Waals surface area contributed by atoms with Crippen LogP contribution < -0.4 is 4.74 Å². The van der Waals surface area contributed by atoms with Crippen molar-refractivity contribution >= 4 is 15.7 Å². The number of rotatable bonds is 8. The lowest BCUT2D eigenvalue weighted by molar-refractivity contribution is -0.386. The topological polar surface area (TPSA) is 113 Å². The number of hydrogen-bond donors (Lipinski definition) is 1. The van der Waals surface area contributed by atoms with Gasteiger partial charge in [-0.2, -0.15) is 4.31 Å². The minimum Gasteiger partial charge on any atom is -0.484 e. The number of likely N-dealkylation sites (tertiary alicyclic amines) is 1. The minimum absolute atomic E-state index is 0.0403. The van der Waals surface area contributed by atoms with Crippen molar-refractivity contribution in [1.82, 2.24) is 9.21 Å². The SMILES string of the molecule is C[C@@H]1CCCN(C[C@@H](O)COc2ccc(S(=O)(=O)N3CCCC3)cc2[N+](=O)[O-])C1. The van der Waals surface area contributed by atoms with Gasteiger partial charge in [0.05, 0.1) is 9.82 Å². The van der Waals surface area contributed by atoms with Crippen LogP contribution >= 0.6 is 0 Å². The predicted octanol–water partition coefficient (Wildman–Crippen LogP) is 1.85. The lowest BCUT2D eigenvalue weighted by atomic mass is 10.0. The smallest absolute Gasteiger partial charge is 0.312 e. The number of β-amino-alcohol motifs (C(OH)–C–C–N with tert-alkyl or cyclic N) is 1. The second-order valence-corrected chi connectivity index (χ2v) is 9.91. The van der Waals surface area contributed by atoms with Crippen LogP contribution in [-0.2, 0) is 10.0 Å². The van der Waals surface area contributed by atoms with Crippen molar-refractivity contribution in [2.45, 2.75) is 43.6 Å². The van der Waals surface area contributed by atoms with E-state index in [0.717, 1.165) is 38.4 Å². The third-order valence-electron chi connectivity index (χ3n) is 5.47. The molecule has 0 unspecified atom stereocenters. The Morgan fingerprint density at radius 1 is 1.28 bits per heavy atom. The van der Waals surface area contributed by atoms with Gasteiger partial charge in [0.1, 0.15) is 12.7 Å². The Balaban J connectivity index is 1.66. The van der Waals surface area contributed by atoms with Crippen LogP contribution in [0.2, 0.25) is 0 Å². The molecule has 0 spiro atoms. The van der Waals surface area contributed by atoms with Gasteiger partial charge in [0.25, 0.3) is 0 Å². The van der Waals surface area contributed by atoms with E-state index in [0.29, 0.717) is 25.6 Å². The van der Waals surface area contributed by atoms with Crippen LogP contribution in [0.3, 0.4) is 0 Å². The van der Waals surface area contributed by atoms with Crippen LogP contribution in [-0.4, -0.2) is 73.1 Å². The van der Waals surface area contributed by atoms with Gasteiger partial charge >= 0.3 is 5.69 Å². The van der Waals surface area contributed by atoms with Crippen LogP contribution in [0.5, 0.6) is 5.75 Å². The van der Waals surface area contributed by atoms with Crippen molar-refractivity contribution in [2.24, 2.45) is 5.92 Å². The zero-order valence-corrected chi connectivity index (χ0v) is 17.5. The van der Waals surface area contributed by atoms with Gasteiger partial charge in [-0.1, -0.05) is 6.92 Å². The van der Waals surface area contributed by atoms with E-state index >= 15 is 0 Å². The van der Waals surface area contributed by atoms with Crippen molar-refractivity contribution in [3.63, 3.8) is 0 Å². The molecule has 0 bridgehead atoms. The summed E-state index contributed by atoms with van der Waals surface area (Å²) in [7, 11) is -3.75. The number of nitrogens with zero attached hydrogens (tertiary/aromatic N) is 3. The van der Waals surface area contributed by atoms with Crippen molar-refractivity contribution in [1.29, 1.82) is 0 Å². The first-order valence-electron chi connectivity index (χ1n) is 10.1. The van der Waals surface area contributed by atoms with Crippen LogP contribution in [0.25, 0.3) is 0 Å². The van der Waals surface area contributed by atoms with Gasteiger partial charge in [0.15, 0.2) is 5.75 Å². The standard InChI is InChI=1S/C19H29N3O6S/c1-15-5-4-8-20(12-15)13-16(23)14-28-19-7-6-17(11-18(19)22(24)25)29(26,27)21-9-2-3-10-21/h6-7,11,15-16,23H,2-5,8-10,12-14H2,1H3/t15-,16-/m1/s1. The number of nitro benzene ring substituents is 1. The molecule has 9 nitrogen and oxygen atoms in total. The maximum Gasteiger partial charge on any atom is 0.312 e. The Bertz CT molecular complexity index is 825. The average molecular weight is 428 g/mol. The highest BCUT2D eigenvalue weighted by atomic mass is 32.2. The van der Waals surface area contributed by atoms with Crippen LogP contribution in [0.4, 0.5) is 5.69 Å². The quantitative estimate of drug-likeness (QED) is 0.497. The maximum absolute atomic E-state index is 12.7. The third-order valence-corrected chi connectivity index (χ3v) is 7.37. The number of ether oxygens (including phenoxy) is 1. The molecule has 0 aromatic heterocycles. The van der Waals surface area contributed by atoms with Crippen LogP contribution in [0.15, 0.2) is 23.1 Å². The number of benzene rings is 1. The fourth-order valence-corrected chi connectivity index (χ4v) is 5.53. The second kappa shape index (κ2) is 9.38. The zero-order valence-electron chi connectivity index (χ0n) is 16.7. The van der Waals surface area contributed by atoms with E-state index in [-0.39, 0.29) is 17.3 Å². The largest absolute Gasteiger partial charge is 0.484 e. The van der Waals surface area contributed by atoms with Crippen molar-refractivity contribution in [3.8, 4) is 5.75 Å². The summed E-state index contributed by atoms with van der Waals surface area (Å²) >= 11 is 0. The molecule has 2 fully saturated rings. The number of piperidine rings is 1. The summed E-state index contributed by atoms with van der Waals surface area (Å²) in [6.45, 7) is 5.22. The number of sulfonamides is 1. The van der Waals surface area contributed by atoms with Crippen LogP contribution in [0.1, 0.15) is 32.6 Å². The lowest BCUT2D eigenvalue weighted by Gasteiger charge is -2.32. The Hall–Kier alpha value is -1.75. The van der Waals surface area contributed by atoms with Gasteiger partial charge in [-0.15, -0.1) is 0 Å². The average Bonchev–Trinajstić information content (AvgIpc) is 3.22. The molecule has 0 aliphatic carbocycles. The van der Waals surface area contributed by atoms with Crippen LogP contribution in [0, 0.1) is 16.0 Å². The fraction of sp³-hybridized carbons (Fsp3) is 0.684. The molecule has 0 amide bonds. The highest BCUT2D eigenvalue weighted by Crippen LogP contribution is 2.32. The minimum atomic E-state index is -3.75. The molecule has 2 saturated heterocycles. The number of aliphatic hydroxyl groups excluding tert-OH is 1. The summed E-state index contributed by atoms with van der Waals surface area (Å²) in [6, 6.07) is 3.67. The highest BCUT2D eigenvalue weighted by Gasteiger charge is 2.30. The fourth-order valence-electron chi connectivity index (χ4n) is 3.99. The van der Waals surface area contributed by atoms with E-state index in [9.17, 15) is 23.6 Å². The maximum atomic E-state index is 12.7. The van der Waals surface area contributed by atoms with E-state index in [1.165, 1.54) is 22.9 Å². The van der Waals surface area contributed by atoms with Crippen molar-refractivity contribution in [2.75, 3.05) is 39.3 Å². The monoisotopic (exact) mass is 427 g/mol. The first-order chi connectivity index (χ1) is 13.8. The number of nitro groups is 1. The molecule has 10 heteroatoms. The van der Waals surface area contributed by atoms with E-state index in [1.54, 1.807) is 0 Å². The summed E-state index contributed by atoms with van der Waals surface area (Å²) in [5.41, 5.74) is -0.413. The van der Waals surface area contributed by atoms with E-state index in [1.807, 2.05) is 0 Å². The molecule has 0 saturated carbocycles. The molecule has 2 aliphatic heterocycles. The van der Waals surface area contributed by atoms with E-state index < -0.39 is 26.7 Å². The summed E-state index contributed by atoms with van der Waals surface area (Å²) < 4.78 is 32.1. The van der Waals surface area contributed by atoms with Gasteiger partial charge in [-0.25, -0.2) is 8.42 Å². The summed E-state index contributed by atoms with van der Waals surface area (Å²) in [5, 5.41) is 21.7. The summed E-state index contributed by atoms with van der Waals surface area (Å²) in [5.74, 6) is 0.546. The molecule has 29 heavy (non-hydrogen) atoms. The molecule has 3 rings (SSSR count). The molecule has 2 atom stereocenters. The molecule has 1 aromatic carbocycles. The Morgan fingerprint density at radius 3 is 2.66 bits per heavy atom. The Morgan fingerprint density at radius 2 is 2.00 bits per heavy atom. The van der Waals surface area contributed by atoms with Gasteiger partial charge in [-0.05, 0) is 50.3 Å². The highest BCUT2D eigenvalue weighted by molar-refractivity contribution is 7.89. The van der Waals surface area contributed by atoms with E-state index in [2.05, 4.69) is 11.8 Å². The summed E-state index contributed by atoms with van der Waals surface area (Å²) in [6.07, 6.45) is 3.06. The zero-order chi connectivity index (χ0) is 21.0. The normalized spacial score (nSPS) is 22.5. The van der Waals surface area contributed by atoms with Gasteiger partial charge in [0.2, 0.25) is 10.0 Å². The Labute approximate surface area is 171 Å².